The van der Waals surface area contributed by atoms with Crippen LogP contribution in [0.5, 0.6) is 23.0 Å². The number of aliphatic hydroxyl groups is 5. The zero-order valence-corrected chi connectivity index (χ0v) is 16.5. The Hall–Kier alpha value is -2.93. The van der Waals surface area contributed by atoms with Crippen molar-refractivity contribution in [1.82, 2.24) is 0 Å². The Balaban J connectivity index is 1.52. The molecule has 7 atom stereocenters. The normalized spacial score (nSPS) is 32.2. The molecule has 0 radical (unpaired) electrons. The number of aromatic hydroxyl groups is 2. The predicted octanol–water partition coefficient (Wildman–Crippen LogP) is -1.05. The Morgan fingerprint density at radius 2 is 1.62 bits per heavy atom. The van der Waals surface area contributed by atoms with Crippen LogP contribution in [-0.2, 0) is 4.74 Å². The predicted molar refractivity (Wildman–Crippen MR) is 104 cm³/mol. The van der Waals surface area contributed by atoms with E-state index >= 15 is 0 Å². The molecule has 0 amide bonds. The summed E-state index contributed by atoms with van der Waals surface area (Å²) >= 11 is 0. The Morgan fingerprint density at radius 1 is 0.938 bits per heavy atom. The average Bonchev–Trinajstić information content (AvgIpc) is 2.76. The number of phenolic OH excluding ortho intramolecular Hbond substituents is 2. The molecule has 0 spiro atoms. The van der Waals surface area contributed by atoms with Crippen LogP contribution in [0.15, 0.2) is 36.4 Å². The van der Waals surface area contributed by atoms with E-state index in [1.54, 1.807) is 0 Å². The average molecular weight is 450 g/mol. The smallest absolute Gasteiger partial charge is 0.229 e. The molecule has 2 unspecified atom stereocenters. The van der Waals surface area contributed by atoms with Gasteiger partial charge in [0.25, 0.3) is 0 Å². The van der Waals surface area contributed by atoms with Gasteiger partial charge < -0.3 is 50.0 Å². The summed E-state index contributed by atoms with van der Waals surface area (Å²) in [5.74, 6) is -1.48. The molecule has 32 heavy (non-hydrogen) atoms. The SMILES string of the molecule is O=C1c2c(O)cc(O)cc2OC(c2ccc(O[C@@H]3O[C@H](CO)[C@@H](O)[C@H](O)[C@H]3O)cc2)C1O. The maximum atomic E-state index is 12.5. The Bertz CT molecular complexity index is 990. The van der Waals surface area contributed by atoms with E-state index in [0.29, 0.717) is 5.56 Å². The number of ketones is 1. The molecule has 2 aromatic rings. The van der Waals surface area contributed by atoms with Crippen molar-refractivity contribution >= 4 is 5.78 Å². The summed E-state index contributed by atoms with van der Waals surface area (Å²) in [6.07, 6.45) is -9.91. The van der Waals surface area contributed by atoms with Crippen LogP contribution in [-0.4, -0.2) is 84.9 Å². The second-order valence-electron chi connectivity index (χ2n) is 7.57. The van der Waals surface area contributed by atoms with E-state index in [0.717, 1.165) is 12.1 Å². The summed E-state index contributed by atoms with van der Waals surface area (Å²) in [5.41, 5.74) is 0.148. The van der Waals surface area contributed by atoms with Gasteiger partial charge in [-0.3, -0.25) is 4.79 Å². The minimum absolute atomic E-state index is 0.0792. The van der Waals surface area contributed by atoms with Crippen LogP contribution in [0.1, 0.15) is 22.0 Å². The van der Waals surface area contributed by atoms with Crippen molar-refractivity contribution in [3.05, 3.63) is 47.5 Å². The molecule has 7 N–H and O–H groups in total. The summed E-state index contributed by atoms with van der Waals surface area (Å²) < 4.78 is 16.4. The zero-order valence-electron chi connectivity index (χ0n) is 16.5. The van der Waals surface area contributed by atoms with E-state index in [4.69, 9.17) is 14.2 Å². The second kappa shape index (κ2) is 8.54. The fourth-order valence-electron chi connectivity index (χ4n) is 3.70. The molecule has 2 aliphatic heterocycles. The van der Waals surface area contributed by atoms with Crippen molar-refractivity contribution in [2.75, 3.05) is 6.61 Å². The number of hydrogen-bond donors (Lipinski definition) is 7. The van der Waals surface area contributed by atoms with Crippen LogP contribution in [0.3, 0.4) is 0 Å². The van der Waals surface area contributed by atoms with Gasteiger partial charge in [-0.1, -0.05) is 12.1 Å². The highest BCUT2D eigenvalue weighted by Crippen LogP contribution is 2.42. The van der Waals surface area contributed by atoms with E-state index in [1.165, 1.54) is 24.3 Å². The summed E-state index contributed by atoms with van der Waals surface area (Å²) in [4.78, 5) is 12.5. The largest absolute Gasteiger partial charge is 0.508 e. The number of carbonyl (C=O) groups excluding carboxylic acids is 1. The number of ether oxygens (including phenoxy) is 3. The van der Waals surface area contributed by atoms with Crippen LogP contribution in [0.2, 0.25) is 0 Å². The summed E-state index contributed by atoms with van der Waals surface area (Å²) in [6, 6.07) is 7.96. The van der Waals surface area contributed by atoms with E-state index in [-0.39, 0.29) is 22.8 Å². The number of aliphatic hydroxyl groups excluding tert-OH is 5. The molecule has 0 aliphatic carbocycles. The summed E-state index contributed by atoms with van der Waals surface area (Å²) in [7, 11) is 0. The Labute approximate surface area is 181 Å². The highest BCUT2D eigenvalue weighted by Gasteiger charge is 2.45. The van der Waals surface area contributed by atoms with Gasteiger partial charge in [-0.05, 0) is 17.7 Å². The first kappa shape index (κ1) is 22.3. The number of fused-ring (bicyclic) bond motifs is 1. The minimum Gasteiger partial charge on any atom is -0.508 e. The van der Waals surface area contributed by atoms with Crippen molar-refractivity contribution in [3.63, 3.8) is 0 Å². The maximum absolute atomic E-state index is 12.5. The molecule has 11 nitrogen and oxygen atoms in total. The van der Waals surface area contributed by atoms with Gasteiger partial charge in [-0.15, -0.1) is 0 Å². The lowest BCUT2D eigenvalue weighted by molar-refractivity contribution is -0.277. The van der Waals surface area contributed by atoms with E-state index < -0.39 is 61.1 Å². The van der Waals surface area contributed by atoms with Crippen LogP contribution >= 0.6 is 0 Å². The number of carbonyl (C=O) groups is 1. The highest BCUT2D eigenvalue weighted by molar-refractivity contribution is 6.05. The molecular formula is C21H22O11. The quantitative estimate of drug-likeness (QED) is 0.301. The lowest BCUT2D eigenvalue weighted by Gasteiger charge is -2.39. The zero-order chi connectivity index (χ0) is 23.2. The van der Waals surface area contributed by atoms with Crippen LogP contribution in [0.25, 0.3) is 0 Å². The highest BCUT2D eigenvalue weighted by atomic mass is 16.7. The van der Waals surface area contributed by atoms with Gasteiger partial charge in [0.05, 0.1) is 6.61 Å². The lowest BCUT2D eigenvalue weighted by atomic mass is 9.93. The number of hydrogen-bond acceptors (Lipinski definition) is 11. The number of rotatable bonds is 4. The van der Waals surface area contributed by atoms with Crippen molar-refractivity contribution in [1.29, 1.82) is 0 Å². The molecule has 1 saturated heterocycles. The van der Waals surface area contributed by atoms with Crippen molar-refractivity contribution in [2.45, 2.75) is 42.9 Å². The van der Waals surface area contributed by atoms with Gasteiger partial charge >= 0.3 is 0 Å². The molecule has 1 fully saturated rings. The van der Waals surface area contributed by atoms with Crippen molar-refractivity contribution < 1.29 is 54.8 Å². The van der Waals surface area contributed by atoms with Gasteiger partial charge in [0, 0.05) is 12.1 Å². The van der Waals surface area contributed by atoms with Gasteiger partial charge in [0.15, 0.2) is 12.2 Å². The minimum atomic E-state index is -1.62. The molecular weight excluding hydrogens is 428 g/mol. The molecule has 0 aromatic heterocycles. The van der Waals surface area contributed by atoms with E-state index in [2.05, 4.69) is 0 Å². The van der Waals surface area contributed by atoms with Crippen molar-refractivity contribution in [3.8, 4) is 23.0 Å². The maximum Gasteiger partial charge on any atom is 0.229 e. The number of Topliss-reactive ketones (excluding diaryl/α,β-unsaturated/α-hetero) is 1. The fourth-order valence-corrected chi connectivity index (χ4v) is 3.70. The van der Waals surface area contributed by atoms with Crippen LogP contribution < -0.4 is 9.47 Å². The summed E-state index contributed by atoms with van der Waals surface area (Å²) in [6.45, 7) is -0.596. The molecule has 0 saturated carbocycles. The molecule has 2 heterocycles. The Morgan fingerprint density at radius 3 is 2.28 bits per heavy atom. The third-order valence-corrected chi connectivity index (χ3v) is 5.43. The third kappa shape index (κ3) is 3.86. The standard InChI is InChI=1S/C21H22O11/c22-7-13-15(25)17(27)19(29)21(32-13)30-10-3-1-8(2-4-10)20-18(28)16(26)14-11(24)5-9(23)6-12(14)31-20/h1-6,13,15,17-25,27-29H,7H2/t13-,15-,17+,18?,19-,20?,21-/m1/s1. The van der Waals surface area contributed by atoms with Gasteiger partial charge in [-0.25, -0.2) is 0 Å². The topological polar surface area (TPSA) is 186 Å². The van der Waals surface area contributed by atoms with Gasteiger partial charge in [-0.2, -0.15) is 0 Å². The molecule has 11 heteroatoms. The van der Waals surface area contributed by atoms with E-state index in [9.17, 15) is 40.5 Å². The molecule has 172 valence electrons. The number of benzene rings is 2. The molecule has 4 rings (SSSR count). The number of phenols is 2. The fraction of sp³-hybridized carbons (Fsp3) is 0.381. The molecule has 2 aliphatic rings. The Kier molecular flexibility index (Phi) is 5.95. The van der Waals surface area contributed by atoms with Gasteiger partial charge in [0.1, 0.15) is 53.0 Å². The lowest BCUT2D eigenvalue weighted by Crippen LogP contribution is -2.60. The first-order chi connectivity index (χ1) is 15.2. The molecule has 0 bridgehead atoms. The van der Waals surface area contributed by atoms with Crippen molar-refractivity contribution in [2.24, 2.45) is 0 Å². The van der Waals surface area contributed by atoms with Crippen LogP contribution in [0, 0.1) is 0 Å². The second-order valence-corrected chi connectivity index (χ2v) is 7.57. The summed E-state index contributed by atoms with van der Waals surface area (Å²) in [5, 5.41) is 68.9. The molecule has 2 aromatic carbocycles. The third-order valence-electron chi connectivity index (χ3n) is 5.43. The monoisotopic (exact) mass is 450 g/mol. The van der Waals surface area contributed by atoms with Crippen LogP contribution in [0.4, 0.5) is 0 Å². The van der Waals surface area contributed by atoms with Gasteiger partial charge in [0.2, 0.25) is 12.1 Å². The first-order valence-corrected chi connectivity index (χ1v) is 9.73. The first-order valence-electron chi connectivity index (χ1n) is 9.73. The van der Waals surface area contributed by atoms with E-state index in [1.807, 2.05) is 0 Å².